The van der Waals surface area contributed by atoms with Gasteiger partial charge in [0.05, 0.1) is 4.92 Å². The number of hydrogen-bond acceptors (Lipinski definition) is 2. The third-order valence-electron chi connectivity index (χ3n) is 2.76. The third-order valence-corrected chi connectivity index (χ3v) is 2.99. The lowest BCUT2D eigenvalue weighted by Gasteiger charge is -1.93. The van der Waals surface area contributed by atoms with Gasteiger partial charge in [0.25, 0.3) is 5.69 Å². The molecule has 0 spiro atoms. The maximum Gasteiger partial charge on any atom is 0.270 e. The Labute approximate surface area is 101 Å². The number of rotatable bonds is 1. The molecule has 0 saturated heterocycles. The Morgan fingerprint density at radius 2 is 1.71 bits per heavy atom. The number of non-ortho nitro benzene ring substituents is 1. The highest BCUT2D eigenvalue weighted by molar-refractivity contribution is 6.31. The minimum atomic E-state index is -0.400. The van der Waals surface area contributed by atoms with E-state index in [4.69, 9.17) is 11.6 Å². The molecule has 0 radical (unpaired) electrons. The summed E-state index contributed by atoms with van der Waals surface area (Å²) in [5.74, 6) is 0. The fraction of sp³-hybridized carbons (Fsp3) is 0. The molecule has 4 nitrogen and oxygen atoms in total. The number of nitrogens with one attached hydrogen (secondary N) is 1. The standard InChI is InChI=1S/C12H7ClN2O2/c13-7-1-3-11-9(5-7)10-6-8(15(16)17)2-4-12(10)14-11/h1-6,14H. The number of H-pyrrole nitrogens is 1. The van der Waals surface area contributed by atoms with Crippen molar-refractivity contribution in [2.45, 2.75) is 0 Å². The average molecular weight is 247 g/mol. The Hall–Kier alpha value is -2.07. The monoisotopic (exact) mass is 246 g/mol. The number of nitrogens with zero attached hydrogens (tertiary/aromatic N) is 1. The fourth-order valence-corrected chi connectivity index (χ4v) is 2.14. The highest BCUT2D eigenvalue weighted by Crippen LogP contribution is 2.30. The maximum atomic E-state index is 10.7. The van der Waals surface area contributed by atoms with Crippen LogP contribution in [0.1, 0.15) is 0 Å². The van der Waals surface area contributed by atoms with Crippen LogP contribution in [0, 0.1) is 10.1 Å². The van der Waals surface area contributed by atoms with Crippen molar-refractivity contribution in [2.24, 2.45) is 0 Å². The summed E-state index contributed by atoms with van der Waals surface area (Å²) in [5.41, 5.74) is 1.87. The van der Waals surface area contributed by atoms with Gasteiger partial charge in [0.2, 0.25) is 0 Å². The van der Waals surface area contributed by atoms with E-state index in [0.29, 0.717) is 5.02 Å². The quantitative estimate of drug-likeness (QED) is 0.523. The fourth-order valence-electron chi connectivity index (χ4n) is 1.97. The summed E-state index contributed by atoms with van der Waals surface area (Å²) < 4.78 is 0. The van der Waals surface area contributed by atoms with E-state index in [-0.39, 0.29) is 5.69 Å². The van der Waals surface area contributed by atoms with Crippen LogP contribution >= 0.6 is 11.6 Å². The average Bonchev–Trinajstić information content (AvgIpc) is 2.66. The van der Waals surface area contributed by atoms with Crippen LogP contribution in [0.2, 0.25) is 5.02 Å². The van der Waals surface area contributed by atoms with Gasteiger partial charge in [-0.3, -0.25) is 10.1 Å². The summed E-state index contributed by atoms with van der Waals surface area (Å²) in [7, 11) is 0. The lowest BCUT2D eigenvalue weighted by molar-refractivity contribution is -0.384. The molecule has 17 heavy (non-hydrogen) atoms. The van der Waals surface area contributed by atoms with Crippen molar-refractivity contribution in [1.29, 1.82) is 0 Å². The van der Waals surface area contributed by atoms with Crippen molar-refractivity contribution in [3.05, 3.63) is 51.5 Å². The molecule has 0 aliphatic carbocycles. The van der Waals surface area contributed by atoms with Gasteiger partial charge >= 0.3 is 0 Å². The predicted molar refractivity (Wildman–Crippen MR) is 67.5 cm³/mol. The molecule has 3 aromatic rings. The smallest absolute Gasteiger partial charge is 0.270 e. The number of halogens is 1. The number of aromatic amines is 1. The van der Waals surface area contributed by atoms with Crippen LogP contribution in [0.15, 0.2) is 36.4 Å². The molecule has 0 bridgehead atoms. The second-order valence-electron chi connectivity index (χ2n) is 3.80. The number of fused-ring (bicyclic) bond motifs is 3. The number of nitro benzene ring substituents is 1. The molecular formula is C12H7ClN2O2. The van der Waals surface area contributed by atoms with Gasteiger partial charge in [0.1, 0.15) is 0 Å². The van der Waals surface area contributed by atoms with E-state index >= 15 is 0 Å². The first-order valence-electron chi connectivity index (χ1n) is 5.00. The Balaban J connectivity index is 2.43. The topological polar surface area (TPSA) is 58.9 Å². The van der Waals surface area contributed by atoms with Crippen molar-refractivity contribution in [1.82, 2.24) is 4.98 Å². The van der Waals surface area contributed by atoms with E-state index < -0.39 is 4.92 Å². The first kappa shape index (κ1) is 10.1. The number of hydrogen-bond donors (Lipinski definition) is 1. The molecular weight excluding hydrogens is 240 g/mol. The summed E-state index contributed by atoms with van der Waals surface area (Å²) in [4.78, 5) is 13.5. The molecule has 3 rings (SSSR count). The highest BCUT2D eigenvalue weighted by Gasteiger charge is 2.10. The Morgan fingerprint density at radius 1 is 1.06 bits per heavy atom. The molecule has 2 aromatic carbocycles. The van der Waals surface area contributed by atoms with Crippen molar-refractivity contribution >= 4 is 39.1 Å². The number of benzene rings is 2. The summed E-state index contributed by atoms with van der Waals surface area (Å²) in [5, 5.41) is 13.1. The third kappa shape index (κ3) is 1.54. The van der Waals surface area contributed by atoms with Gasteiger partial charge in [-0.15, -0.1) is 0 Å². The molecule has 5 heteroatoms. The van der Waals surface area contributed by atoms with Gasteiger partial charge in [-0.25, -0.2) is 0 Å². The van der Waals surface area contributed by atoms with Crippen LogP contribution < -0.4 is 0 Å². The van der Waals surface area contributed by atoms with Crippen LogP contribution in [0.4, 0.5) is 5.69 Å². The molecule has 0 aliphatic rings. The van der Waals surface area contributed by atoms with Crippen molar-refractivity contribution in [3.63, 3.8) is 0 Å². The summed E-state index contributed by atoms with van der Waals surface area (Å²) >= 11 is 5.93. The molecule has 0 atom stereocenters. The second-order valence-corrected chi connectivity index (χ2v) is 4.24. The molecule has 84 valence electrons. The minimum Gasteiger partial charge on any atom is -0.355 e. The van der Waals surface area contributed by atoms with Gasteiger partial charge in [-0.2, -0.15) is 0 Å². The Morgan fingerprint density at radius 3 is 2.41 bits per heavy atom. The van der Waals surface area contributed by atoms with Gasteiger partial charge in [-0.05, 0) is 24.3 Å². The van der Waals surface area contributed by atoms with E-state index in [1.807, 2.05) is 6.07 Å². The van der Waals surface area contributed by atoms with Gasteiger partial charge in [0.15, 0.2) is 0 Å². The van der Waals surface area contributed by atoms with Crippen LogP contribution in [0.5, 0.6) is 0 Å². The first-order valence-corrected chi connectivity index (χ1v) is 5.38. The number of nitro groups is 1. The normalized spacial score (nSPS) is 11.1. The Bertz CT molecular complexity index is 749. The van der Waals surface area contributed by atoms with Gasteiger partial charge < -0.3 is 4.98 Å². The molecule has 0 aliphatic heterocycles. The lowest BCUT2D eigenvalue weighted by atomic mass is 10.1. The molecule has 0 amide bonds. The minimum absolute atomic E-state index is 0.0818. The van der Waals surface area contributed by atoms with E-state index in [0.717, 1.165) is 21.8 Å². The molecule has 1 heterocycles. The molecule has 0 unspecified atom stereocenters. The van der Waals surface area contributed by atoms with Crippen LogP contribution in [-0.2, 0) is 0 Å². The van der Waals surface area contributed by atoms with Crippen molar-refractivity contribution < 1.29 is 4.92 Å². The molecule has 1 aromatic heterocycles. The van der Waals surface area contributed by atoms with Crippen molar-refractivity contribution in [3.8, 4) is 0 Å². The molecule has 0 fully saturated rings. The Kier molecular flexibility index (Phi) is 2.06. The van der Waals surface area contributed by atoms with E-state index in [1.54, 1.807) is 24.3 Å². The zero-order valence-corrected chi connectivity index (χ0v) is 9.36. The predicted octanol–water partition coefficient (Wildman–Crippen LogP) is 3.88. The number of aromatic nitrogens is 1. The van der Waals surface area contributed by atoms with E-state index in [9.17, 15) is 10.1 Å². The van der Waals surface area contributed by atoms with Crippen LogP contribution in [0.3, 0.4) is 0 Å². The summed E-state index contributed by atoms with van der Waals surface area (Å²) in [6.07, 6.45) is 0. The first-order chi connectivity index (χ1) is 8.15. The van der Waals surface area contributed by atoms with E-state index in [1.165, 1.54) is 6.07 Å². The summed E-state index contributed by atoms with van der Waals surface area (Å²) in [6, 6.07) is 10.2. The largest absolute Gasteiger partial charge is 0.355 e. The maximum absolute atomic E-state index is 10.7. The van der Waals surface area contributed by atoms with E-state index in [2.05, 4.69) is 4.98 Å². The lowest BCUT2D eigenvalue weighted by Crippen LogP contribution is -1.86. The van der Waals surface area contributed by atoms with Crippen LogP contribution in [0.25, 0.3) is 21.8 Å². The molecule has 0 saturated carbocycles. The van der Waals surface area contributed by atoms with Crippen LogP contribution in [-0.4, -0.2) is 9.91 Å². The SMILES string of the molecule is O=[N+]([O-])c1ccc2[nH]c3ccc(Cl)cc3c2c1. The second kappa shape index (κ2) is 3.46. The zero-order valence-electron chi connectivity index (χ0n) is 8.61. The van der Waals surface area contributed by atoms with Gasteiger partial charge in [-0.1, -0.05) is 11.6 Å². The summed E-state index contributed by atoms with van der Waals surface area (Å²) in [6.45, 7) is 0. The van der Waals surface area contributed by atoms with Gasteiger partial charge in [0, 0.05) is 39.0 Å². The highest BCUT2D eigenvalue weighted by atomic mass is 35.5. The van der Waals surface area contributed by atoms with Crippen molar-refractivity contribution in [2.75, 3.05) is 0 Å². The zero-order chi connectivity index (χ0) is 12.0. The molecule has 1 N–H and O–H groups in total.